The molecule has 0 atom stereocenters. The summed E-state index contributed by atoms with van der Waals surface area (Å²) in [5.41, 5.74) is 2.21. The number of fused-ring (bicyclic) bond motifs is 1. The van der Waals surface area contributed by atoms with Crippen LogP contribution < -0.4 is 15.7 Å². The molecule has 242 valence electrons. The Bertz CT molecular complexity index is 1410. The van der Waals surface area contributed by atoms with Gasteiger partial charge < -0.3 is 24.5 Å². The number of hydrogen-bond acceptors (Lipinski definition) is 10. The fraction of sp³-hybridized carbons (Fsp3) is 0.625. The van der Waals surface area contributed by atoms with Crippen molar-refractivity contribution < 1.29 is 19.0 Å². The summed E-state index contributed by atoms with van der Waals surface area (Å²) in [6.45, 7) is 16.1. The monoisotopic (exact) mass is 611 g/mol. The van der Waals surface area contributed by atoms with Crippen molar-refractivity contribution in [2.24, 2.45) is 0 Å². The number of carbonyl (C=O) groups excluding carboxylic acids is 1. The Morgan fingerprint density at radius 2 is 1.86 bits per heavy atom. The van der Waals surface area contributed by atoms with E-state index in [-0.39, 0.29) is 23.2 Å². The van der Waals surface area contributed by atoms with Gasteiger partial charge in [-0.1, -0.05) is 25.5 Å². The molecule has 12 heteroatoms. The highest BCUT2D eigenvalue weighted by molar-refractivity contribution is 5.89. The highest BCUT2D eigenvalue weighted by Gasteiger charge is 2.20. The van der Waals surface area contributed by atoms with Gasteiger partial charge in [0, 0.05) is 38.3 Å². The second-order valence-corrected chi connectivity index (χ2v) is 12.3. The molecule has 0 radical (unpaired) electrons. The number of imidazole rings is 1. The fourth-order valence-electron chi connectivity index (χ4n) is 5.27. The number of methoxy groups -OCH3 is 1. The van der Waals surface area contributed by atoms with Crippen LogP contribution in [0.2, 0.25) is 0 Å². The smallest absolute Gasteiger partial charge is 0.337 e. The molecule has 1 aliphatic rings. The SMILES string of the molecule is CCCCOc1nc(NC(C)(C)C)c2[nH]c(=O)n(CCCN(CCCN3CCOCC3)Cc3cccc(C(=O)OC)c3)c2n1. The standard InChI is InChI=1S/C32H49N7O5/c1-6-7-19-44-30-34-27(36-32(2,3)4)26-28(35-30)39(31(41)33-26)16-10-15-38(14-9-13-37-17-20-43-21-18-37)23-24-11-8-12-25(22-24)29(40)42-5/h8,11-12,22H,6-7,9-10,13-21,23H2,1-5H3,(H,33,41)(H,34,35,36). The van der Waals surface area contributed by atoms with E-state index in [0.29, 0.717) is 42.2 Å². The first-order valence-corrected chi connectivity index (χ1v) is 15.8. The molecule has 1 aliphatic heterocycles. The number of nitrogens with zero attached hydrogens (tertiary/aromatic N) is 5. The molecule has 44 heavy (non-hydrogen) atoms. The number of ether oxygens (including phenoxy) is 3. The summed E-state index contributed by atoms with van der Waals surface area (Å²) in [6, 6.07) is 7.85. The lowest BCUT2D eigenvalue weighted by Gasteiger charge is -2.28. The Balaban J connectivity index is 1.50. The van der Waals surface area contributed by atoms with Gasteiger partial charge in [0.05, 0.1) is 32.5 Å². The van der Waals surface area contributed by atoms with Gasteiger partial charge in [-0.2, -0.15) is 9.97 Å². The molecule has 4 rings (SSSR count). The van der Waals surface area contributed by atoms with Crippen molar-refractivity contribution in [2.75, 3.05) is 65.0 Å². The summed E-state index contributed by atoms with van der Waals surface area (Å²) in [7, 11) is 1.40. The predicted octanol–water partition coefficient (Wildman–Crippen LogP) is 3.91. The van der Waals surface area contributed by atoms with Gasteiger partial charge in [-0.05, 0) is 70.8 Å². The molecule has 1 aromatic carbocycles. The number of carbonyl (C=O) groups is 1. The second kappa shape index (κ2) is 16.0. The van der Waals surface area contributed by atoms with Crippen molar-refractivity contribution in [1.29, 1.82) is 0 Å². The summed E-state index contributed by atoms with van der Waals surface area (Å²) in [6.07, 6.45) is 3.64. The third kappa shape index (κ3) is 9.76. The summed E-state index contributed by atoms with van der Waals surface area (Å²) >= 11 is 0. The Morgan fingerprint density at radius 3 is 2.57 bits per heavy atom. The molecule has 12 nitrogen and oxygen atoms in total. The Hall–Kier alpha value is -3.48. The molecule has 1 saturated heterocycles. The number of rotatable bonds is 16. The third-order valence-electron chi connectivity index (χ3n) is 7.49. The van der Waals surface area contributed by atoms with E-state index in [1.54, 1.807) is 10.6 Å². The maximum absolute atomic E-state index is 13.2. The Kier molecular flexibility index (Phi) is 12.2. The zero-order valence-electron chi connectivity index (χ0n) is 27.0. The highest BCUT2D eigenvalue weighted by Crippen LogP contribution is 2.24. The normalized spacial score (nSPS) is 14.3. The molecule has 3 heterocycles. The molecule has 2 N–H and O–H groups in total. The first-order valence-electron chi connectivity index (χ1n) is 15.8. The van der Waals surface area contributed by atoms with Crippen LogP contribution in [0.3, 0.4) is 0 Å². The van der Waals surface area contributed by atoms with Crippen LogP contribution in [0.5, 0.6) is 6.01 Å². The van der Waals surface area contributed by atoms with Crippen LogP contribution >= 0.6 is 0 Å². The number of unbranched alkanes of at least 4 members (excludes halogenated alkanes) is 1. The van der Waals surface area contributed by atoms with E-state index in [0.717, 1.165) is 77.2 Å². The number of hydrogen-bond donors (Lipinski definition) is 2. The number of anilines is 1. The molecular formula is C32H49N7O5. The van der Waals surface area contributed by atoms with Crippen molar-refractivity contribution in [3.8, 4) is 6.01 Å². The van der Waals surface area contributed by atoms with Gasteiger partial charge in [-0.3, -0.25) is 14.4 Å². The molecule has 0 unspecified atom stereocenters. The van der Waals surface area contributed by atoms with E-state index in [4.69, 9.17) is 14.2 Å². The molecule has 2 aromatic heterocycles. The van der Waals surface area contributed by atoms with Gasteiger partial charge in [0.15, 0.2) is 11.5 Å². The van der Waals surface area contributed by atoms with Crippen LogP contribution in [-0.2, 0) is 22.6 Å². The number of esters is 1. The van der Waals surface area contributed by atoms with Crippen molar-refractivity contribution in [3.63, 3.8) is 0 Å². The minimum atomic E-state index is -0.343. The zero-order chi connectivity index (χ0) is 31.5. The number of H-pyrrole nitrogens is 1. The number of nitrogens with one attached hydrogen (secondary N) is 2. The molecule has 1 fully saturated rings. The summed E-state index contributed by atoms with van der Waals surface area (Å²) in [5.74, 6) is 0.213. The minimum absolute atomic E-state index is 0.221. The van der Waals surface area contributed by atoms with Crippen LogP contribution in [0.4, 0.5) is 5.82 Å². The van der Waals surface area contributed by atoms with E-state index in [9.17, 15) is 9.59 Å². The molecule has 0 spiro atoms. The van der Waals surface area contributed by atoms with Crippen LogP contribution in [0.25, 0.3) is 11.2 Å². The Labute approximate surface area is 260 Å². The quantitative estimate of drug-likeness (QED) is 0.182. The summed E-state index contributed by atoms with van der Waals surface area (Å²) in [4.78, 5) is 42.3. The number of benzene rings is 1. The molecule has 0 saturated carbocycles. The number of aromatic nitrogens is 4. The number of aromatic amines is 1. The van der Waals surface area contributed by atoms with Crippen LogP contribution in [0.15, 0.2) is 29.1 Å². The van der Waals surface area contributed by atoms with Crippen molar-refractivity contribution in [1.82, 2.24) is 29.3 Å². The van der Waals surface area contributed by atoms with E-state index < -0.39 is 0 Å². The molecule has 0 amide bonds. The average molecular weight is 612 g/mol. The fourth-order valence-corrected chi connectivity index (χ4v) is 5.27. The van der Waals surface area contributed by atoms with Gasteiger partial charge >= 0.3 is 17.7 Å². The van der Waals surface area contributed by atoms with Gasteiger partial charge in [-0.15, -0.1) is 0 Å². The average Bonchev–Trinajstić information content (AvgIpc) is 3.31. The van der Waals surface area contributed by atoms with Gasteiger partial charge in [-0.25, -0.2) is 9.59 Å². The lowest BCUT2D eigenvalue weighted by Crippen LogP contribution is -2.38. The second-order valence-electron chi connectivity index (χ2n) is 12.3. The summed E-state index contributed by atoms with van der Waals surface area (Å²) < 4.78 is 18.0. The maximum atomic E-state index is 13.2. The molecule has 3 aromatic rings. The van der Waals surface area contributed by atoms with Gasteiger partial charge in [0.1, 0.15) is 5.52 Å². The molecule has 0 bridgehead atoms. The van der Waals surface area contributed by atoms with Gasteiger partial charge in [0.2, 0.25) is 0 Å². The van der Waals surface area contributed by atoms with Crippen LogP contribution in [0.1, 0.15) is 69.3 Å². The van der Waals surface area contributed by atoms with Crippen LogP contribution in [-0.4, -0.2) is 100 Å². The van der Waals surface area contributed by atoms with Gasteiger partial charge in [0.25, 0.3) is 0 Å². The topological polar surface area (TPSA) is 127 Å². The highest BCUT2D eigenvalue weighted by atomic mass is 16.5. The number of aryl methyl sites for hydroxylation is 1. The van der Waals surface area contributed by atoms with E-state index in [1.165, 1.54) is 7.11 Å². The van der Waals surface area contributed by atoms with E-state index in [1.807, 2.05) is 39.0 Å². The Morgan fingerprint density at radius 1 is 1.11 bits per heavy atom. The zero-order valence-corrected chi connectivity index (χ0v) is 27.0. The first kappa shape index (κ1) is 33.4. The van der Waals surface area contributed by atoms with E-state index >= 15 is 0 Å². The summed E-state index contributed by atoms with van der Waals surface area (Å²) in [5, 5.41) is 3.40. The van der Waals surface area contributed by atoms with Crippen molar-refractivity contribution >= 4 is 23.0 Å². The lowest BCUT2D eigenvalue weighted by atomic mass is 10.1. The maximum Gasteiger partial charge on any atom is 0.337 e. The van der Waals surface area contributed by atoms with Crippen molar-refractivity contribution in [3.05, 3.63) is 45.9 Å². The molecular weight excluding hydrogens is 562 g/mol. The third-order valence-corrected chi connectivity index (χ3v) is 7.49. The number of morpholine rings is 1. The molecule has 0 aliphatic carbocycles. The largest absolute Gasteiger partial charge is 0.465 e. The van der Waals surface area contributed by atoms with Crippen LogP contribution in [0, 0.1) is 0 Å². The van der Waals surface area contributed by atoms with E-state index in [2.05, 4.69) is 37.0 Å². The minimum Gasteiger partial charge on any atom is -0.465 e. The van der Waals surface area contributed by atoms with Crippen molar-refractivity contribution in [2.45, 2.75) is 72.0 Å². The first-order chi connectivity index (χ1) is 21.2. The lowest BCUT2D eigenvalue weighted by molar-refractivity contribution is 0.0359. The predicted molar refractivity (Wildman–Crippen MR) is 171 cm³/mol.